The molecule has 1 heterocycles. The minimum atomic E-state index is -0.205. The number of nitrogens with zero attached hydrogens (tertiary/aromatic N) is 2. The Morgan fingerprint density at radius 2 is 1.60 bits per heavy atom. The van der Waals surface area contributed by atoms with E-state index in [1.54, 1.807) is 4.90 Å². The van der Waals surface area contributed by atoms with E-state index < -0.39 is 0 Å². The van der Waals surface area contributed by atoms with Gasteiger partial charge in [0.2, 0.25) is 0 Å². The Balaban J connectivity index is 1.99. The molecule has 0 aliphatic carbocycles. The highest BCUT2D eigenvalue weighted by atomic mass is 16.2. The van der Waals surface area contributed by atoms with E-state index in [2.05, 4.69) is 10.5 Å². The van der Waals surface area contributed by atoms with Crippen LogP contribution in [0.15, 0.2) is 65.8 Å². The minimum absolute atomic E-state index is 0.117. The van der Waals surface area contributed by atoms with Gasteiger partial charge in [-0.3, -0.25) is 4.90 Å². The molecule has 0 saturated carbocycles. The average Bonchev–Trinajstić information content (AvgIpc) is 2.49. The Hall–Kier alpha value is -2.62. The Morgan fingerprint density at radius 1 is 1.00 bits per heavy atom. The third kappa shape index (κ3) is 2.16. The Bertz CT molecular complexity index is 637. The number of nitrogens with one attached hydrogen (secondary N) is 1. The largest absolute Gasteiger partial charge is 0.342 e. The van der Waals surface area contributed by atoms with Crippen LogP contribution in [-0.4, -0.2) is 17.8 Å². The highest BCUT2D eigenvalue weighted by molar-refractivity contribution is 6.12. The van der Waals surface area contributed by atoms with Gasteiger partial charge >= 0.3 is 6.03 Å². The molecule has 4 heteroatoms. The van der Waals surface area contributed by atoms with Gasteiger partial charge in [0.15, 0.2) is 0 Å². The molecule has 1 atom stereocenters. The van der Waals surface area contributed by atoms with E-state index in [4.69, 9.17) is 0 Å². The summed E-state index contributed by atoms with van der Waals surface area (Å²) in [6, 6.07) is 19.2. The van der Waals surface area contributed by atoms with Gasteiger partial charge in [-0.2, -0.15) is 5.10 Å². The Kier molecular flexibility index (Phi) is 3.21. The predicted octanol–water partition coefficient (Wildman–Crippen LogP) is 3.01. The number of hydrogen-bond donors (Lipinski definition) is 1. The summed E-state index contributed by atoms with van der Waals surface area (Å²) >= 11 is 0. The van der Waals surface area contributed by atoms with E-state index in [1.165, 1.54) is 0 Å². The fourth-order valence-corrected chi connectivity index (χ4v) is 2.40. The van der Waals surface area contributed by atoms with Crippen LogP contribution in [0, 0.1) is 0 Å². The molecule has 2 amide bonds. The molecule has 0 radical (unpaired) electrons. The molecule has 1 unspecified atom stereocenters. The van der Waals surface area contributed by atoms with Gasteiger partial charge in [-0.25, -0.2) is 10.2 Å². The van der Waals surface area contributed by atoms with Crippen LogP contribution < -0.4 is 10.3 Å². The number of anilines is 1. The quantitative estimate of drug-likeness (QED) is 0.891. The van der Waals surface area contributed by atoms with Crippen LogP contribution in [-0.2, 0) is 0 Å². The number of carbonyl (C=O) groups is 1. The molecule has 2 aromatic carbocycles. The third-order valence-corrected chi connectivity index (χ3v) is 3.38. The number of benzene rings is 2. The van der Waals surface area contributed by atoms with E-state index in [0.29, 0.717) is 0 Å². The second-order valence-corrected chi connectivity index (χ2v) is 4.66. The number of carbonyl (C=O) groups excluding carboxylic acids is 1. The second kappa shape index (κ2) is 5.17. The molecule has 20 heavy (non-hydrogen) atoms. The lowest BCUT2D eigenvalue weighted by Gasteiger charge is -2.33. The molecule has 0 bridgehead atoms. The number of hydrazone groups is 1. The smallest absolute Gasteiger partial charge is 0.284 e. The number of urea groups is 1. The highest BCUT2D eigenvalue weighted by Crippen LogP contribution is 2.21. The summed E-state index contributed by atoms with van der Waals surface area (Å²) in [5, 5.41) is 4.21. The maximum atomic E-state index is 12.1. The molecule has 0 saturated heterocycles. The maximum absolute atomic E-state index is 12.1. The summed E-state index contributed by atoms with van der Waals surface area (Å²) in [6.45, 7) is 1.98. The van der Waals surface area contributed by atoms with Crippen LogP contribution in [0.25, 0.3) is 0 Å². The molecule has 0 spiro atoms. The summed E-state index contributed by atoms with van der Waals surface area (Å²) < 4.78 is 0. The van der Waals surface area contributed by atoms with E-state index in [9.17, 15) is 4.79 Å². The summed E-state index contributed by atoms with van der Waals surface area (Å²) in [4.78, 5) is 13.8. The summed E-state index contributed by atoms with van der Waals surface area (Å²) in [6.07, 6.45) is 0. The molecule has 100 valence electrons. The molecule has 0 aromatic heterocycles. The van der Waals surface area contributed by atoms with Crippen LogP contribution in [0.3, 0.4) is 0 Å². The van der Waals surface area contributed by atoms with Gasteiger partial charge in [0.25, 0.3) is 0 Å². The zero-order valence-electron chi connectivity index (χ0n) is 11.2. The lowest BCUT2D eigenvalue weighted by molar-refractivity contribution is 0.245. The first kappa shape index (κ1) is 12.4. The van der Waals surface area contributed by atoms with Crippen LogP contribution in [0.1, 0.15) is 12.5 Å². The SMILES string of the molecule is CC1C(c2ccccc2)=NNC(=O)N1c1ccccc1. The Labute approximate surface area is 117 Å². The van der Waals surface area contributed by atoms with Crippen LogP contribution in [0.2, 0.25) is 0 Å². The molecule has 1 aliphatic rings. The first-order valence-electron chi connectivity index (χ1n) is 6.54. The predicted molar refractivity (Wildman–Crippen MR) is 79.9 cm³/mol. The fourth-order valence-electron chi connectivity index (χ4n) is 2.40. The van der Waals surface area contributed by atoms with Crippen LogP contribution in [0.5, 0.6) is 0 Å². The van der Waals surface area contributed by atoms with E-state index in [-0.39, 0.29) is 12.1 Å². The van der Waals surface area contributed by atoms with Crippen molar-refractivity contribution < 1.29 is 4.79 Å². The average molecular weight is 265 g/mol. The van der Waals surface area contributed by atoms with Gasteiger partial charge < -0.3 is 0 Å². The summed E-state index contributed by atoms with van der Waals surface area (Å²) in [5.74, 6) is 0. The normalized spacial score (nSPS) is 18.4. The van der Waals surface area contributed by atoms with E-state index >= 15 is 0 Å². The molecular formula is C16H15N3O. The molecule has 1 aliphatic heterocycles. The van der Waals surface area contributed by atoms with Gasteiger partial charge in [-0.15, -0.1) is 0 Å². The molecule has 3 rings (SSSR count). The lowest BCUT2D eigenvalue weighted by Crippen LogP contribution is -2.52. The van der Waals surface area contributed by atoms with Crippen molar-refractivity contribution >= 4 is 17.4 Å². The summed E-state index contributed by atoms with van der Waals surface area (Å²) in [7, 11) is 0. The molecule has 1 N–H and O–H groups in total. The van der Waals surface area contributed by atoms with Gasteiger partial charge in [0.05, 0.1) is 11.8 Å². The van der Waals surface area contributed by atoms with Crippen LogP contribution >= 0.6 is 0 Å². The lowest BCUT2D eigenvalue weighted by atomic mass is 10.0. The van der Waals surface area contributed by atoms with Gasteiger partial charge in [0, 0.05) is 5.69 Å². The Morgan fingerprint density at radius 3 is 2.25 bits per heavy atom. The van der Waals surface area contributed by atoms with Crippen molar-refractivity contribution in [3.63, 3.8) is 0 Å². The van der Waals surface area contributed by atoms with Crippen molar-refractivity contribution in [1.82, 2.24) is 5.43 Å². The van der Waals surface area contributed by atoms with Crippen molar-refractivity contribution in [1.29, 1.82) is 0 Å². The van der Waals surface area contributed by atoms with Crippen molar-refractivity contribution in [2.24, 2.45) is 5.10 Å². The zero-order valence-corrected chi connectivity index (χ0v) is 11.2. The van der Waals surface area contributed by atoms with Gasteiger partial charge in [0.1, 0.15) is 0 Å². The zero-order chi connectivity index (χ0) is 13.9. The molecule has 2 aromatic rings. The number of para-hydroxylation sites is 1. The van der Waals surface area contributed by atoms with E-state index in [1.807, 2.05) is 67.6 Å². The first-order valence-corrected chi connectivity index (χ1v) is 6.54. The minimum Gasteiger partial charge on any atom is -0.284 e. The standard InChI is InChI=1S/C16H15N3O/c1-12-15(13-8-4-2-5-9-13)17-18-16(20)19(12)14-10-6-3-7-11-14/h2-12H,1H3,(H,18,20). The van der Waals surface area contributed by atoms with Gasteiger partial charge in [-0.05, 0) is 24.6 Å². The highest BCUT2D eigenvalue weighted by Gasteiger charge is 2.30. The van der Waals surface area contributed by atoms with Crippen LogP contribution in [0.4, 0.5) is 10.5 Å². The number of amides is 2. The van der Waals surface area contributed by atoms with Gasteiger partial charge in [-0.1, -0.05) is 48.5 Å². The van der Waals surface area contributed by atoms with Crippen molar-refractivity contribution in [3.8, 4) is 0 Å². The second-order valence-electron chi connectivity index (χ2n) is 4.66. The number of hydrogen-bond acceptors (Lipinski definition) is 2. The molecule has 0 fully saturated rings. The van der Waals surface area contributed by atoms with E-state index in [0.717, 1.165) is 17.0 Å². The first-order chi connectivity index (χ1) is 9.77. The fraction of sp³-hybridized carbons (Fsp3) is 0.125. The van der Waals surface area contributed by atoms with Crippen molar-refractivity contribution in [2.45, 2.75) is 13.0 Å². The van der Waals surface area contributed by atoms with Crippen molar-refractivity contribution in [2.75, 3.05) is 4.90 Å². The maximum Gasteiger partial charge on any atom is 0.342 e. The monoisotopic (exact) mass is 265 g/mol. The topological polar surface area (TPSA) is 44.7 Å². The number of rotatable bonds is 2. The molecule has 4 nitrogen and oxygen atoms in total. The summed E-state index contributed by atoms with van der Waals surface area (Å²) in [5.41, 5.74) is 5.32. The molecular weight excluding hydrogens is 250 g/mol. The van der Waals surface area contributed by atoms with Crippen molar-refractivity contribution in [3.05, 3.63) is 66.2 Å². The third-order valence-electron chi connectivity index (χ3n) is 3.38.